The molecule has 4 rings (SSSR count). The highest BCUT2D eigenvalue weighted by Crippen LogP contribution is 2.35. The summed E-state index contributed by atoms with van der Waals surface area (Å²) in [7, 11) is 3.11. The van der Waals surface area contributed by atoms with E-state index in [1.54, 1.807) is 44.6 Å². The number of carbonyl (C=O) groups is 1. The molecule has 2 heterocycles. The van der Waals surface area contributed by atoms with Gasteiger partial charge in [0.15, 0.2) is 23.0 Å². The van der Waals surface area contributed by atoms with Crippen molar-refractivity contribution in [2.24, 2.45) is 0 Å². The van der Waals surface area contributed by atoms with Gasteiger partial charge in [0.25, 0.3) is 0 Å². The number of fused-ring (bicyclic) bond motifs is 1. The van der Waals surface area contributed by atoms with E-state index in [9.17, 15) is 4.79 Å². The lowest BCUT2D eigenvalue weighted by Crippen LogP contribution is -2.23. The number of nitrogens with one attached hydrogen (secondary N) is 1. The Hall–Kier alpha value is -3.75. The van der Waals surface area contributed by atoms with Crippen LogP contribution in [0.25, 0.3) is 11.4 Å². The number of ether oxygens (including phenoxy) is 4. The molecule has 28 heavy (non-hydrogen) atoms. The molecule has 0 fully saturated rings. The summed E-state index contributed by atoms with van der Waals surface area (Å²) in [4.78, 5) is 16.5. The molecule has 9 nitrogen and oxygen atoms in total. The molecule has 0 saturated heterocycles. The third-order valence-electron chi connectivity index (χ3n) is 4.15. The van der Waals surface area contributed by atoms with Crippen LogP contribution in [0.1, 0.15) is 16.2 Å². The first-order valence-electron chi connectivity index (χ1n) is 8.41. The smallest absolute Gasteiger partial charge is 0.316 e. The lowest BCUT2D eigenvalue weighted by atomic mass is 10.2. The Morgan fingerprint density at radius 3 is 2.71 bits per heavy atom. The minimum atomic E-state index is -0.478. The molecule has 9 heteroatoms. The number of amides is 1. The third kappa shape index (κ3) is 3.41. The second-order valence-electron chi connectivity index (χ2n) is 5.86. The van der Waals surface area contributed by atoms with Crippen LogP contribution in [0.15, 0.2) is 40.9 Å². The maximum Gasteiger partial charge on any atom is 0.316 e. The summed E-state index contributed by atoms with van der Waals surface area (Å²) in [5.41, 5.74) is 1.49. The first-order chi connectivity index (χ1) is 13.7. The van der Waals surface area contributed by atoms with Crippen molar-refractivity contribution in [1.29, 1.82) is 0 Å². The molecular weight excluding hydrogens is 366 g/mol. The van der Waals surface area contributed by atoms with Gasteiger partial charge < -0.3 is 28.8 Å². The molecule has 0 unspecified atom stereocenters. The predicted molar refractivity (Wildman–Crippen MR) is 96.6 cm³/mol. The number of hydrogen-bond donors (Lipinski definition) is 1. The fourth-order valence-electron chi connectivity index (χ4n) is 2.72. The predicted octanol–water partition coefficient (Wildman–Crippen LogP) is 2.41. The highest BCUT2D eigenvalue weighted by Gasteiger charge is 2.19. The number of benzene rings is 2. The topological polar surface area (TPSA) is 105 Å². The van der Waals surface area contributed by atoms with Crippen molar-refractivity contribution in [3.8, 4) is 34.4 Å². The minimum Gasteiger partial charge on any atom is -0.493 e. The van der Waals surface area contributed by atoms with Crippen LogP contribution in [0.2, 0.25) is 0 Å². The second-order valence-corrected chi connectivity index (χ2v) is 5.86. The van der Waals surface area contributed by atoms with Gasteiger partial charge in [-0.2, -0.15) is 4.98 Å². The standard InChI is InChI=1S/C19H17N3O6/c1-24-13-5-3-11(7-15(13)25-2)9-20-18(23)19-21-17(22-28-19)12-4-6-14-16(8-12)27-10-26-14/h3-8H,9-10H2,1-2H3,(H,20,23). The Kier molecular flexibility index (Phi) is 4.71. The van der Waals surface area contributed by atoms with Crippen molar-refractivity contribution in [2.75, 3.05) is 21.0 Å². The van der Waals surface area contributed by atoms with Crippen LogP contribution in [0.3, 0.4) is 0 Å². The van der Waals surface area contributed by atoms with E-state index >= 15 is 0 Å². The monoisotopic (exact) mass is 383 g/mol. The van der Waals surface area contributed by atoms with Crippen LogP contribution in [-0.2, 0) is 6.54 Å². The number of aromatic nitrogens is 2. The highest BCUT2D eigenvalue weighted by molar-refractivity contribution is 5.89. The molecule has 1 aromatic heterocycles. The van der Waals surface area contributed by atoms with E-state index < -0.39 is 5.91 Å². The summed E-state index contributed by atoms with van der Waals surface area (Å²) in [6.45, 7) is 0.440. The second kappa shape index (κ2) is 7.47. The first kappa shape index (κ1) is 17.7. The van der Waals surface area contributed by atoms with Gasteiger partial charge in [-0.05, 0) is 35.9 Å². The van der Waals surface area contributed by atoms with E-state index in [1.807, 2.05) is 6.07 Å². The highest BCUT2D eigenvalue weighted by atomic mass is 16.7. The first-order valence-corrected chi connectivity index (χ1v) is 8.41. The van der Waals surface area contributed by atoms with E-state index in [2.05, 4.69) is 15.5 Å². The molecule has 0 saturated carbocycles. The van der Waals surface area contributed by atoms with Crippen LogP contribution >= 0.6 is 0 Å². The lowest BCUT2D eigenvalue weighted by molar-refractivity contribution is 0.0907. The van der Waals surface area contributed by atoms with Gasteiger partial charge in [0.1, 0.15) is 0 Å². The van der Waals surface area contributed by atoms with Crippen molar-refractivity contribution < 1.29 is 28.3 Å². The molecule has 0 aliphatic carbocycles. The maximum absolute atomic E-state index is 12.3. The lowest BCUT2D eigenvalue weighted by Gasteiger charge is -2.09. The molecule has 2 aromatic carbocycles. The Bertz CT molecular complexity index is 1020. The van der Waals surface area contributed by atoms with Gasteiger partial charge in [-0.3, -0.25) is 4.79 Å². The Labute approximate surface area is 160 Å². The molecular formula is C19H17N3O6. The Balaban J connectivity index is 1.43. The molecule has 0 bridgehead atoms. The molecule has 1 aliphatic heterocycles. The summed E-state index contributed by atoms with van der Waals surface area (Å²) in [6.07, 6.45) is 0. The summed E-state index contributed by atoms with van der Waals surface area (Å²) < 4.78 is 26.1. The molecule has 1 aliphatic rings. The largest absolute Gasteiger partial charge is 0.493 e. The summed E-state index contributed by atoms with van der Waals surface area (Å²) >= 11 is 0. The fourth-order valence-corrected chi connectivity index (χ4v) is 2.72. The SMILES string of the molecule is COc1ccc(CNC(=O)c2nc(-c3ccc4c(c3)OCO4)no2)cc1OC. The summed E-state index contributed by atoms with van der Waals surface area (Å²) in [5, 5.41) is 6.59. The van der Waals surface area contributed by atoms with E-state index in [1.165, 1.54) is 0 Å². The average Bonchev–Trinajstić information content (AvgIpc) is 3.40. The summed E-state index contributed by atoms with van der Waals surface area (Å²) in [5.74, 6) is 2.12. The van der Waals surface area contributed by atoms with Gasteiger partial charge in [0.05, 0.1) is 14.2 Å². The molecule has 144 valence electrons. The zero-order valence-electron chi connectivity index (χ0n) is 15.2. The number of methoxy groups -OCH3 is 2. The van der Waals surface area contributed by atoms with Crippen molar-refractivity contribution in [1.82, 2.24) is 15.5 Å². The number of hydrogen-bond acceptors (Lipinski definition) is 8. The van der Waals surface area contributed by atoms with Crippen molar-refractivity contribution in [3.63, 3.8) is 0 Å². The fraction of sp³-hybridized carbons (Fsp3) is 0.211. The molecule has 1 amide bonds. The number of nitrogens with zero attached hydrogens (tertiary/aromatic N) is 2. The van der Waals surface area contributed by atoms with Gasteiger partial charge in [0, 0.05) is 12.1 Å². The van der Waals surface area contributed by atoms with Gasteiger partial charge in [-0.25, -0.2) is 0 Å². The zero-order chi connectivity index (χ0) is 19.5. The van der Waals surface area contributed by atoms with Crippen LogP contribution in [0.5, 0.6) is 23.0 Å². The van der Waals surface area contributed by atoms with Crippen LogP contribution in [-0.4, -0.2) is 37.1 Å². The van der Waals surface area contributed by atoms with Gasteiger partial charge >= 0.3 is 11.8 Å². The zero-order valence-corrected chi connectivity index (χ0v) is 15.2. The summed E-state index contributed by atoms with van der Waals surface area (Å²) in [6, 6.07) is 10.6. The molecule has 0 spiro atoms. The third-order valence-corrected chi connectivity index (χ3v) is 4.15. The van der Waals surface area contributed by atoms with Gasteiger partial charge in [-0.15, -0.1) is 0 Å². The molecule has 3 aromatic rings. The van der Waals surface area contributed by atoms with E-state index in [4.69, 9.17) is 23.5 Å². The van der Waals surface area contributed by atoms with Crippen LogP contribution < -0.4 is 24.3 Å². The molecule has 0 radical (unpaired) electrons. The van der Waals surface area contributed by atoms with Gasteiger partial charge in [0.2, 0.25) is 12.6 Å². The maximum atomic E-state index is 12.3. The van der Waals surface area contributed by atoms with E-state index in [0.717, 1.165) is 5.56 Å². The van der Waals surface area contributed by atoms with Gasteiger partial charge in [-0.1, -0.05) is 11.2 Å². The number of carbonyl (C=O) groups excluding carboxylic acids is 1. The van der Waals surface area contributed by atoms with Crippen molar-refractivity contribution in [2.45, 2.75) is 6.54 Å². The van der Waals surface area contributed by atoms with Crippen LogP contribution in [0, 0.1) is 0 Å². The van der Waals surface area contributed by atoms with Crippen LogP contribution in [0.4, 0.5) is 0 Å². The number of rotatable bonds is 6. The molecule has 1 N–H and O–H groups in total. The van der Waals surface area contributed by atoms with E-state index in [0.29, 0.717) is 28.6 Å². The minimum absolute atomic E-state index is 0.131. The van der Waals surface area contributed by atoms with E-state index in [-0.39, 0.29) is 25.1 Å². The van der Waals surface area contributed by atoms with Crippen molar-refractivity contribution >= 4 is 5.91 Å². The molecule has 0 atom stereocenters. The van der Waals surface area contributed by atoms with Crippen molar-refractivity contribution in [3.05, 3.63) is 47.9 Å². The Morgan fingerprint density at radius 1 is 1.07 bits per heavy atom. The quantitative estimate of drug-likeness (QED) is 0.692. The normalized spacial score (nSPS) is 11.9. The average molecular weight is 383 g/mol. The Morgan fingerprint density at radius 2 is 1.89 bits per heavy atom.